The molecule has 0 saturated carbocycles. The number of unbranched alkanes of at least 4 members (excludes halogenated alkanes) is 1. The van der Waals surface area contributed by atoms with E-state index >= 15 is 0 Å². The summed E-state index contributed by atoms with van der Waals surface area (Å²) in [4.78, 5) is 19.3. The molecule has 3 rings (SSSR count). The molecule has 0 aliphatic heterocycles. The van der Waals surface area contributed by atoms with Crippen molar-refractivity contribution in [2.24, 2.45) is 0 Å². The molecule has 0 saturated heterocycles. The highest BCUT2D eigenvalue weighted by Crippen LogP contribution is 2.19. The van der Waals surface area contributed by atoms with Crippen molar-refractivity contribution in [2.45, 2.75) is 31.2 Å². The summed E-state index contributed by atoms with van der Waals surface area (Å²) in [6.07, 6.45) is 1.45. The van der Waals surface area contributed by atoms with Gasteiger partial charge in [-0.05, 0) is 42.8 Å². The molecule has 0 amide bonds. The molecule has 0 unspecified atom stereocenters. The number of H-pyrrole nitrogens is 1. The van der Waals surface area contributed by atoms with Crippen LogP contribution in [0.2, 0.25) is 0 Å². The average Bonchev–Trinajstić information content (AvgIpc) is 2.65. The fourth-order valence-electron chi connectivity index (χ4n) is 2.75. The molecule has 0 bridgehead atoms. The molecule has 0 spiro atoms. The number of benzene rings is 2. The van der Waals surface area contributed by atoms with Gasteiger partial charge in [0.1, 0.15) is 11.6 Å². The number of aromatic amines is 1. The van der Waals surface area contributed by atoms with Gasteiger partial charge in [-0.15, -0.1) is 0 Å². The van der Waals surface area contributed by atoms with E-state index < -0.39 is 15.8 Å². The Balaban J connectivity index is 1.98. The Bertz CT molecular complexity index is 1100. The third-order valence-electron chi connectivity index (χ3n) is 4.20. The third kappa shape index (κ3) is 4.23. The number of para-hydroxylation sites is 1. The lowest BCUT2D eigenvalue weighted by molar-refractivity contribution is 0.389. The van der Waals surface area contributed by atoms with Gasteiger partial charge in [0.25, 0.3) is 5.56 Å². The largest absolute Gasteiger partial charge is 0.309 e. The Labute approximate surface area is 156 Å². The summed E-state index contributed by atoms with van der Waals surface area (Å²) in [5.74, 6) is -0.241. The van der Waals surface area contributed by atoms with Gasteiger partial charge in [-0.2, -0.15) is 4.31 Å². The van der Waals surface area contributed by atoms with Gasteiger partial charge < -0.3 is 4.98 Å². The van der Waals surface area contributed by atoms with E-state index in [1.54, 1.807) is 24.3 Å². The van der Waals surface area contributed by atoms with Crippen LogP contribution in [-0.2, 0) is 16.6 Å². The molecular formula is C19H20FN3O3S. The Hall–Kier alpha value is -2.58. The average molecular weight is 389 g/mol. The van der Waals surface area contributed by atoms with Crippen LogP contribution in [-0.4, -0.2) is 29.2 Å². The minimum atomic E-state index is -3.85. The van der Waals surface area contributed by atoms with E-state index in [0.717, 1.165) is 18.6 Å². The van der Waals surface area contributed by atoms with Crippen molar-refractivity contribution in [3.63, 3.8) is 0 Å². The Morgan fingerprint density at radius 2 is 1.81 bits per heavy atom. The number of nitrogens with one attached hydrogen (secondary N) is 1. The van der Waals surface area contributed by atoms with Gasteiger partial charge in [0, 0.05) is 6.54 Å². The molecule has 0 aliphatic rings. The molecule has 3 aromatic rings. The molecule has 27 heavy (non-hydrogen) atoms. The summed E-state index contributed by atoms with van der Waals surface area (Å²) < 4.78 is 40.4. The quantitative estimate of drug-likeness (QED) is 0.673. The first kappa shape index (κ1) is 19.2. The van der Waals surface area contributed by atoms with Crippen LogP contribution in [0, 0.1) is 5.82 Å². The molecule has 6 nitrogen and oxygen atoms in total. The van der Waals surface area contributed by atoms with E-state index in [4.69, 9.17) is 0 Å². The smallest absolute Gasteiger partial charge is 0.258 e. The summed E-state index contributed by atoms with van der Waals surface area (Å²) in [7, 11) is -3.85. The molecule has 0 radical (unpaired) electrons. The Morgan fingerprint density at radius 1 is 1.11 bits per heavy atom. The maximum Gasteiger partial charge on any atom is 0.258 e. The highest BCUT2D eigenvalue weighted by molar-refractivity contribution is 7.89. The van der Waals surface area contributed by atoms with Crippen LogP contribution in [0.25, 0.3) is 10.9 Å². The van der Waals surface area contributed by atoms with Crippen LogP contribution in [0.15, 0.2) is 58.2 Å². The zero-order valence-electron chi connectivity index (χ0n) is 14.9. The van der Waals surface area contributed by atoms with E-state index in [-0.39, 0.29) is 29.4 Å². The van der Waals surface area contributed by atoms with Gasteiger partial charge in [-0.1, -0.05) is 25.5 Å². The van der Waals surface area contributed by atoms with Crippen molar-refractivity contribution in [1.29, 1.82) is 0 Å². The summed E-state index contributed by atoms with van der Waals surface area (Å²) >= 11 is 0. The minimum Gasteiger partial charge on any atom is -0.309 e. The molecule has 1 aromatic heterocycles. The third-order valence-corrected chi connectivity index (χ3v) is 6.06. The Kier molecular flexibility index (Phi) is 5.67. The number of aromatic nitrogens is 2. The zero-order chi connectivity index (χ0) is 19.4. The van der Waals surface area contributed by atoms with Crippen LogP contribution < -0.4 is 5.56 Å². The molecule has 142 valence electrons. The van der Waals surface area contributed by atoms with Gasteiger partial charge in [0.15, 0.2) is 0 Å². The second-order valence-electron chi connectivity index (χ2n) is 6.18. The lowest BCUT2D eigenvalue weighted by Gasteiger charge is -2.21. The van der Waals surface area contributed by atoms with Gasteiger partial charge in [-0.3, -0.25) is 4.79 Å². The van der Waals surface area contributed by atoms with Crippen molar-refractivity contribution in [1.82, 2.24) is 14.3 Å². The molecule has 0 aliphatic carbocycles. The van der Waals surface area contributed by atoms with E-state index in [1.807, 2.05) is 6.92 Å². The lowest BCUT2D eigenvalue weighted by atomic mass is 10.2. The number of fused-ring (bicyclic) bond motifs is 1. The maximum atomic E-state index is 13.2. The summed E-state index contributed by atoms with van der Waals surface area (Å²) in [6.45, 7) is 2.16. The fourth-order valence-corrected chi connectivity index (χ4v) is 4.19. The van der Waals surface area contributed by atoms with Gasteiger partial charge in [0.2, 0.25) is 10.0 Å². The first-order chi connectivity index (χ1) is 12.9. The van der Waals surface area contributed by atoms with E-state index in [0.29, 0.717) is 17.3 Å². The zero-order valence-corrected chi connectivity index (χ0v) is 15.7. The second kappa shape index (κ2) is 7.98. The number of hydrogen-bond acceptors (Lipinski definition) is 4. The molecule has 0 atom stereocenters. The topological polar surface area (TPSA) is 83.1 Å². The van der Waals surface area contributed by atoms with E-state index in [1.165, 1.54) is 16.4 Å². The molecule has 0 fully saturated rings. The standard InChI is InChI=1S/C19H20FN3O3S/c1-2-3-12-23(27(25,26)15-10-8-14(20)9-11-15)13-18-21-17-7-5-4-6-16(17)19(24)22-18/h4-11H,2-3,12-13H2,1H3,(H,21,22,24). The molecule has 1 N–H and O–H groups in total. The molecule has 2 aromatic carbocycles. The monoisotopic (exact) mass is 389 g/mol. The SMILES string of the molecule is CCCCN(Cc1nc2ccccc2c(=O)[nH]1)S(=O)(=O)c1ccc(F)cc1. The summed E-state index contributed by atoms with van der Waals surface area (Å²) in [5, 5.41) is 0.447. The van der Waals surface area contributed by atoms with Crippen molar-refractivity contribution in [2.75, 3.05) is 6.54 Å². The van der Waals surface area contributed by atoms with Crippen molar-refractivity contribution >= 4 is 20.9 Å². The van der Waals surface area contributed by atoms with Gasteiger partial charge in [0.05, 0.1) is 22.3 Å². The molecule has 1 heterocycles. The first-order valence-corrected chi connectivity index (χ1v) is 10.1. The number of rotatable bonds is 7. The predicted octanol–water partition coefficient (Wildman–Crippen LogP) is 3.05. The van der Waals surface area contributed by atoms with Crippen LogP contribution in [0.1, 0.15) is 25.6 Å². The van der Waals surface area contributed by atoms with Crippen LogP contribution in [0.3, 0.4) is 0 Å². The number of nitrogens with zero attached hydrogens (tertiary/aromatic N) is 2. The maximum absolute atomic E-state index is 13.2. The highest BCUT2D eigenvalue weighted by Gasteiger charge is 2.25. The number of sulfonamides is 1. The predicted molar refractivity (Wildman–Crippen MR) is 101 cm³/mol. The van der Waals surface area contributed by atoms with Gasteiger partial charge in [-0.25, -0.2) is 17.8 Å². The first-order valence-electron chi connectivity index (χ1n) is 8.65. The summed E-state index contributed by atoms with van der Waals surface area (Å²) in [5.41, 5.74) is 0.191. The molecule has 8 heteroatoms. The summed E-state index contributed by atoms with van der Waals surface area (Å²) in [6, 6.07) is 11.6. The van der Waals surface area contributed by atoms with Crippen LogP contribution in [0.4, 0.5) is 4.39 Å². The number of hydrogen-bond donors (Lipinski definition) is 1. The normalized spacial score (nSPS) is 12.0. The van der Waals surface area contributed by atoms with Crippen molar-refractivity contribution in [3.8, 4) is 0 Å². The highest BCUT2D eigenvalue weighted by atomic mass is 32.2. The van der Waals surface area contributed by atoms with E-state index in [9.17, 15) is 17.6 Å². The van der Waals surface area contributed by atoms with E-state index in [2.05, 4.69) is 9.97 Å². The number of halogens is 1. The van der Waals surface area contributed by atoms with Gasteiger partial charge >= 0.3 is 0 Å². The van der Waals surface area contributed by atoms with Crippen molar-refractivity contribution in [3.05, 3.63) is 70.5 Å². The van der Waals surface area contributed by atoms with Crippen molar-refractivity contribution < 1.29 is 12.8 Å². The van der Waals surface area contributed by atoms with Crippen LogP contribution >= 0.6 is 0 Å². The fraction of sp³-hybridized carbons (Fsp3) is 0.263. The second-order valence-corrected chi connectivity index (χ2v) is 8.11. The Morgan fingerprint density at radius 3 is 2.52 bits per heavy atom. The molecular weight excluding hydrogens is 369 g/mol. The lowest BCUT2D eigenvalue weighted by Crippen LogP contribution is -2.33. The van der Waals surface area contributed by atoms with Crippen LogP contribution in [0.5, 0.6) is 0 Å². The minimum absolute atomic E-state index is 0.00291.